The lowest BCUT2D eigenvalue weighted by atomic mass is 9.82. The molecule has 0 fully saturated rings. The number of nitrogens with zero attached hydrogens (tertiary/aromatic N) is 1. The monoisotopic (exact) mass is 605 g/mol. The van der Waals surface area contributed by atoms with Crippen LogP contribution >= 0.6 is 12.6 Å². The minimum absolute atomic E-state index is 0.0213. The van der Waals surface area contributed by atoms with Gasteiger partial charge >= 0.3 is 0 Å². The Morgan fingerprint density at radius 2 is 1.63 bits per heavy atom. The van der Waals surface area contributed by atoms with E-state index in [1.165, 1.54) is 6.92 Å². The van der Waals surface area contributed by atoms with E-state index in [1.807, 2.05) is 81.1 Å². The van der Waals surface area contributed by atoms with Crippen molar-refractivity contribution in [1.29, 1.82) is 0 Å². The molecule has 0 saturated heterocycles. The van der Waals surface area contributed by atoms with Crippen LogP contribution in [0.4, 0.5) is 11.4 Å². The summed E-state index contributed by atoms with van der Waals surface area (Å²) in [5, 5.41) is 6.08. The summed E-state index contributed by atoms with van der Waals surface area (Å²) < 4.78 is 0. The Morgan fingerprint density at radius 1 is 1.05 bits per heavy atom. The summed E-state index contributed by atoms with van der Waals surface area (Å²) in [4.78, 5) is 37.1. The zero-order valence-corrected chi connectivity index (χ0v) is 28.3. The second-order valence-electron chi connectivity index (χ2n) is 10.2. The Kier molecular flexibility index (Phi) is 18.3. The van der Waals surface area contributed by atoms with E-state index in [4.69, 9.17) is 0 Å². The average Bonchev–Trinajstić information content (AvgIpc) is 3.08. The number of fused-ring (bicyclic) bond motifs is 1. The lowest BCUT2D eigenvalue weighted by molar-refractivity contribution is -0.118. The second kappa shape index (κ2) is 20.1. The summed E-state index contributed by atoms with van der Waals surface area (Å²) in [7, 11) is 0. The summed E-state index contributed by atoms with van der Waals surface area (Å²) in [6.45, 7) is 24.3. The SMILES string of the molecule is C=C/C=C\C(=C)NC(C)=O.CC.CC.CC(=O)N1c2ccccc2NC(CC(C)(C)CC=O)=C(C)C1c1ccc(S)cc1. The Labute approximate surface area is 265 Å². The molecule has 2 aromatic rings. The van der Waals surface area contributed by atoms with Gasteiger partial charge in [0.15, 0.2) is 0 Å². The molecule has 3 rings (SSSR count). The lowest BCUT2D eigenvalue weighted by Gasteiger charge is -2.32. The number of thiol groups is 1. The molecule has 0 aliphatic carbocycles. The number of para-hydroxylation sites is 2. The summed E-state index contributed by atoms with van der Waals surface area (Å²) in [6, 6.07) is 15.6. The number of hydrogen-bond acceptors (Lipinski definition) is 5. The maximum Gasteiger partial charge on any atom is 0.224 e. The predicted octanol–water partition coefficient (Wildman–Crippen LogP) is 9.21. The third-order valence-electron chi connectivity index (χ3n) is 6.20. The van der Waals surface area contributed by atoms with Gasteiger partial charge in [0, 0.05) is 36.6 Å². The van der Waals surface area contributed by atoms with E-state index in [9.17, 15) is 14.4 Å². The summed E-state index contributed by atoms with van der Waals surface area (Å²) in [5.41, 5.74) is 5.28. The van der Waals surface area contributed by atoms with Gasteiger partial charge in [-0.05, 0) is 60.2 Å². The van der Waals surface area contributed by atoms with Crippen molar-refractivity contribution in [3.63, 3.8) is 0 Å². The van der Waals surface area contributed by atoms with Gasteiger partial charge in [-0.2, -0.15) is 0 Å². The molecule has 1 aliphatic heterocycles. The van der Waals surface area contributed by atoms with E-state index < -0.39 is 0 Å². The van der Waals surface area contributed by atoms with Crippen molar-refractivity contribution in [3.8, 4) is 0 Å². The topological polar surface area (TPSA) is 78.5 Å². The average molecular weight is 606 g/mol. The smallest absolute Gasteiger partial charge is 0.224 e. The summed E-state index contributed by atoms with van der Waals surface area (Å²) in [6.07, 6.45) is 7.16. The normalized spacial score (nSPS) is 13.7. The molecule has 0 aromatic heterocycles. The minimum atomic E-state index is -0.236. The van der Waals surface area contributed by atoms with E-state index in [-0.39, 0.29) is 23.3 Å². The zero-order chi connectivity index (χ0) is 33.2. The second-order valence-corrected chi connectivity index (χ2v) is 10.7. The molecule has 0 saturated carbocycles. The van der Waals surface area contributed by atoms with Gasteiger partial charge in [0.1, 0.15) is 6.29 Å². The van der Waals surface area contributed by atoms with E-state index >= 15 is 0 Å². The number of allylic oxidation sites excluding steroid dienone is 4. The first-order valence-electron chi connectivity index (χ1n) is 14.7. The highest BCUT2D eigenvalue weighted by Gasteiger charge is 2.33. The first-order valence-corrected chi connectivity index (χ1v) is 15.2. The predicted molar refractivity (Wildman–Crippen MR) is 186 cm³/mol. The molecule has 0 spiro atoms. The molecule has 2 N–H and O–H groups in total. The fraction of sp³-hybridized carbons (Fsp3) is 0.361. The number of amides is 2. The van der Waals surface area contributed by atoms with Crippen molar-refractivity contribution >= 4 is 42.1 Å². The van der Waals surface area contributed by atoms with Crippen molar-refractivity contribution in [2.24, 2.45) is 5.41 Å². The quantitative estimate of drug-likeness (QED) is 0.159. The Bertz CT molecular complexity index is 1280. The number of carbonyl (C=O) groups is 3. The van der Waals surface area contributed by atoms with Gasteiger partial charge in [-0.25, -0.2) is 0 Å². The number of hydrogen-bond donors (Lipinski definition) is 3. The molecule has 1 aliphatic rings. The summed E-state index contributed by atoms with van der Waals surface area (Å²) in [5.74, 6) is -0.134. The number of rotatable bonds is 8. The third kappa shape index (κ3) is 12.9. The molecule has 234 valence electrons. The van der Waals surface area contributed by atoms with Crippen molar-refractivity contribution in [2.75, 3.05) is 10.2 Å². The molecule has 0 radical (unpaired) electrons. The van der Waals surface area contributed by atoms with Crippen LogP contribution in [-0.2, 0) is 14.4 Å². The number of benzene rings is 2. The van der Waals surface area contributed by atoms with Crippen LogP contribution in [0.2, 0.25) is 0 Å². The standard InChI is InChI=1S/C24H28N2O2S.C8H11NO.2C2H6/c1-16-21(15-24(3,4)13-14-27)25-20-7-5-6-8-22(20)26(17(2)28)23(16)18-9-11-19(29)12-10-18;1-4-5-6-7(2)9-8(3)10;2*1-2/h5-12,14,23,25,29H,13,15H2,1-4H3;4-6H,1-2H2,3H3,(H,9,10);2*1-2H3/b;6-5-;;. The summed E-state index contributed by atoms with van der Waals surface area (Å²) >= 11 is 4.41. The molecule has 1 unspecified atom stereocenters. The third-order valence-corrected chi connectivity index (χ3v) is 6.50. The Morgan fingerprint density at radius 3 is 2.14 bits per heavy atom. The van der Waals surface area contributed by atoms with Crippen molar-refractivity contribution in [2.45, 2.75) is 86.1 Å². The van der Waals surface area contributed by atoms with Crippen molar-refractivity contribution in [1.82, 2.24) is 5.32 Å². The molecule has 1 atom stereocenters. The van der Waals surface area contributed by atoms with E-state index in [0.717, 1.165) is 39.4 Å². The van der Waals surface area contributed by atoms with E-state index in [1.54, 1.807) is 25.2 Å². The first-order chi connectivity index (χ1) is 20.4. The maximum absolute atomic E-state index is 12.8. The van der Waals surface area contributed by atoms with Crippen LogP contribution in [0.3, 0.4) is 0 Å². The number of aldehydes is 1. The van der Waals surface area contributed by atoms with Crippen LogP contribution in [0, 0.1) is 5.41 Å². The van der Waals surface area contributed by atoms with Gasteiger partial charge in [-0.15, -0.1) is 12.6 Å². The number of anilines is 2. The molecular weight excluding hydrogens is 554 g/mol. The fourth-order valence-electron chi connectivity index (χ4n) is 4.37. The van der Waals surface area contributed by atoms with Crippen LogP contribution in [0.1, 0.15) is 86.8 Å². The number of carbonyl (C=O) groups excluding carboxylic acids is 3. The fourth-order valence-corrected chi connectivity index (χ4v) is 4.52. The first kappa shape index (κ1) is 39.2. The lowest BCUT2D eigenvalue weighted by Crippen LogP contribution is -2.33. The van der Waals surface area contributed by atoms with Crippen LogP contribution in [0.5, 0.6) is 0 Å². The zero-order valence-electron chi connectivity index (χ0n) is 27.5. The highest BCUT2D eigenvalue weighted by atomic mass is 32.1. The Balaban J connectivity index is 0.00000107. The molecule has 0 bridgehead atoms. The molecule has 7 heteroatoms. The maximum atomic E-state index is 12.8. The molecule has 6 nitrogen and oxygen atoms in total. The van der Waals surface area contributed by atoms with Crippen LogP contribution in [-0.4, -0.2) is 18.1 Å². The molecule has 1 heterocycles. The van der Waals surface area contributed by atoms with Gasteiger partial charge in [0.25, 0.3) is 0 Å². The van der Waals surface area contributed by atoms with Crippen LogP contribution < -0.4 is 15.5 Å². The highest BCUT2D eigenvalue weighted by Crippen LogP contribution is 2.44. The van der Waals surface area contributed by atoms with Crippen LogP contribution in [0.15, 0.2) is 102 Å². The molecule has 2 amide bonds. The number of nitrogens with one attached hydrogen (secondary N) is 2. The van der Waals surface area contributed by atoms with Gasteiger partial charge < -0.3 is 15.4 Å². The van der Waals surface area contributed by atoms with Gasteiger partial charge in [-0.3, -0.25) is 14.5 Å². The minimum Gasteiger partial charge on any atom is -0.357 e. The van der Waals surface area contributed by atoms with Gasteiger partial charge in [0.05, 0.1) is 17.4 Å². The molecule has 43 heavy (non-hydrogen) atoms. The molecule has 2 aromatic carbocycles. The van der Waals surface area contributed by atoms with E-state index in [0.29, 0.717) is 18.5 Å². The highest BCUT2D eigenvalue weighted by molar-refractivity contribution is 7.80. The van der Waals surface area contributed by atoms with Crippen molar-refractivity contribution in [3.05, 3.63) is 102 Å². The Hall–Kier alpha value is -3.84. The van der Waals surface area contributed by atoms with Gasteiger partial charge in [0.2, 0.25) is 11.8 Å². The van der Waals surface area contributed by atoms with Gasteiger partial charge in [-0.1, -0.05) is 91.1 Å². The van der Waals surface area contributed by atoms with E-state index in [2.05, 4.69) is 57.2 Å². The molecular formula is C36H51N3O3S. The van der Waals surface area contributed by atoms with Crippen LogP contribution in [0.25, 0.3) is 0 Å². The largest absolute Gasteiger partial charge is 0.357 e. The van der Waals surface area contributed by atoms with Crippen molar-refractivity contribution < 1.29 is 14.4 Å².